The summed E-state index contributed by atoms with van der Waals surface area (Å²) in [6.45, 7) is 12.6. The van der Waals surface area contributed by atoms with Crippen LogP contribution in [0.1, 0.15) is 40.6 Å². The third-order valence-electron chi connectivity index (χ3n) is 5.52. The Morgan fingerprint density at radius 2 is 1.93 bits per heavy atom. The Morgan fingerprint density at radius 1 is 1.21 bits per heavy atom. The minimum Gasteiger partial charge on any atom is -0.355 e. The number of nitrogens with one attached hydrogen (secondary N) is 2. The number of aromatic nitrogens is 1. The first-order chi connectivity index (χ1) is 13.5. The molecule has 3 rings (SSSR count). The van der Waals surface area contributed by atoms with E-state index in [1.54, 1.807) is 11.3 Å². The van der Waals surface area contributed by atoms with Crippen LogP contribution in [0.25, 0.3) is 0 Å². The van der Waals surface area contributed by atoms with Gasteiger partial charge in [-0.3, -0.25) is 9.89 Å². The van der Waals surface area contributed by atoms with E-state index in [-0.39, 0.29) is 24.0 Å². The van der Waals surface area contributed by atoms with E-state index >= 15 is 0 Å². The van der Waals surface area contributed by atoms with Crippen LogP contribution in [-0.4, -0.2) is 42.0 Å². The molecule has 0 aliphatic carbocycles. The SMILES string of the molecule is CN=C(NCc1sc(C)nc1C)NCC(C(C)C)N1CCc2ccccc2C1.I. The highest BCUT2D eigenvalue weighted by atomic mass is 127. The van der Waals surface area contributed by atoms with E-state index in [1.807, 2.05) is 7.05 Å². The molecule has 7 heteroatoms. The number of thiazole rings is 1. The Labute approximate surface area is 196 Å². The molecule has 1 aliphatic rings. The average Bonchev–Trinajstić information content (AvgIpc) is 3.01. The number of benzene rings is 1. The number of aliphatic imine (C=N–C) groups is 1. The fourth-order valence-electron chi connectivity index (χ4n) is 3.91. The highest BCUT2D eigenvalue weighted by Crippen LogP contribution is 2.23. The van der Waals surface area contributed by atoms with E-state index < -0.39 is 0 Å². The Bertz CT molecular complexity index is 817. The molecule has 0 saturated heterocycles. The number of fused-ring (bicyclic) bond motifs is 1. The number of nitrogens with zero attached hydrogens (tertiary/aromatic N) is 3. The molecule has 0 spiro atoms. The summed E-state index contributed by atoms with van der Waals surface area (Å²) >= 11 is 1.75. The van der Waals surface area contributed by atoms with Gasteiger partial charge in [-0.15, -0.1) is 35.3 Å². The number of aryl methyl sites for hydroxylation is 2. The van der Waals surface area contributed by atoms with Gasteiger partial charge in [-0.25, -0.2) is 4.98 Å². The summed E-state index contributed by atoms with van der Waals surface area (Å²) in [4.78, 5) is 12.8. The fourth-order valence-corrected chi connectivity index (χ4v) is 4.79. The van der Waals surface area contributed by atoms with Gasteiger partial charge in [0.05, 0.1) is 17.2 Å². The van der Waals surface area contributed by atoms with Crippen LogP contribution in [0.2, 0.25) is 0 Å². The standard InChI is InChI=1S/C22H33N5S.HI/c1-15(2)20(27-11-10-18-8-6-7-9-19(18)14-27)12-24-22(23-5)25-13-21-16(3)26-17(4)28-21;/h6-9,15,20H,10-14H2,1-5H3,(H2,23,24,25);1H. The van der Waals surface area contributed by atoms with Crippen LogP contribution < -0.4 is 10.6 Å². The van der Waals surface area contributed by atoms with Crippen molar-refractivity contribution in [1.29, 1.82) is 0 Å². The van der Waals surface area contributed by atoms with Crippen molar-refractivity contribution in [3.63, 3.8) is 0 Å². The molecule has 5 nitrogen and oxygen atoms in total. The van der Waals surface area contributed by atoms with Gasteiger partial charge in [0, 0.05) is 37.6 Å². The van der Waals surface area contributed by atoms with Gasteiger partial charge in [0.15, 0.2) is 5.96 Å². The van der Waals surface area contributed by atoms with Crippen LogP contribution in [0.4, 0.5) is 0 Å². The predicted octanol–water partition coefficient (Wildman–Crippen LogP) is 4.13. The zero-order chi connectivity index (χ0) is 20.1. The molecule has 1 aliphatic heterocycles. The molecule has 0 bridgehead atoms. The molecule has 0 amide bonds. The van der Waals surface area contributed by atoms with Crippen molar-refractivity contribution in [3.05, 3.63) is 51.0 Å². The van der Waals surface area contributed by atoms with Crippen molar-refractivity contribution < 1.29 is 0 Å². The van der Waals surface area contributed by atoms with E-state index in [9.17, 15) is 0 Å². The summed E-state index contributed by atoms with van der Waals surface area (Å²) in [5.74, 6) is 1.43. The molecular formula is C22H34IN5S. The molecule has 2 heterocycles. The van der Waals surface area contributed by atoms with Crippen LogP contribution in [-0.2, 0) is 19.5 Å². The highest BCUT2D eigenvalue weighted by molar-refractivity contribution is 14.0. The third kappa shape index (κ3) is 6.39. The monoisotopic (exact) mass is 527 g/mol. The lowest BCUT2D eigenvalue weighted by atomic mass is 9.95. The Morgan fingerprint density at radius 3 is 2.55 bits per heavy atom. The molecular weight excluding hydrogens is 493 g/mol. The lowest BCUT2D eigenvalue weighted by Crippen LogP contribution is -2.50. The molecule has 0 fully saturated rings. The summed E-state index contributed by atoms with van der Waals surface area (Å²) in [6, 6.07) is 9.31. The Balaban J connectivity index is 0.00000300. The molecule has 1 atom stereocenters. The summed E-state index contributed by atoms with van der Waals surface area (Å²) in [5, 5.41) is 8.11. The largest absolute Gasteiger partial charge is 0.355 e. The molecule has 1 aromatic carbocycles. The zero-order valence-corrected chi connectivity index (χ0v) is 21.3. The first-order valence-electron chi connectivity index (χ1n) is 10.2. The topological polar surface area (TPSA) is 52.6 Å². The molecule has 0 radical (unpaired) electrons. The summed E-state index contributed by atoms with van der Waals surface area (Å²) in [7, 11) is 1.83. The van der Waals surface area contributed by atoms with E-state index in [0.29, 0.717) is 12.0 Å². The van der Waals surface area contributed by atoms with Gasteiger partial charge in [-0.1, -0.05) is 38.1 Å². The van der Waals surface area contributed by atoms with Crippen molar-refractivity contribution >= 4 is 41.3 Å². The minimum atomic E-state index is 0. The van der Waals surface area contributed by atoms with E-state index in [2.05, 4.69) is 77.5 Å². The second kappa shape index (κ2) is 11.3. The highest BCUT2D eigenvalue weighted by Gasteiger charge is 2.25. The Kier molecular flexibility index (Phi) is 9.36. The molecule has 1 aromatic heterocycles. The normalized spacial score (nSPS) is 15.6. The molecule has 1 unspecified atom stereocenters. The molecule has 160 valence electrons. The first kappa shape index (κ1) is 24.1. The molecule has 2 N–H and O–H groups in total. The quantitative estimate of drug-likeness (QED) is 0.337. The molecule has 2 aromatic rings. The van der Waals surface area contributed by atoms with Gasteiger partial charge in [-0.05, 0) is 37.3 Å². The maximum atomic E-state index is 4.50. The van der Waals surface area contributed by atoms with Gasteiger partial charge in [0.2, 0.25) is 0 Å². The summed E-state index contributed by atoms with van der Waals surface area (Å²) in [6.07, 6.45) is 1.14. The minimum absolute atomic E-state index is 0. The van der Waals surface area contributed by atoms with Crippen molar-refractivity contribution in [2.45, 2.75) is 53.2 Å². The Hall–Kier alpha value is -1.19. The number of guanidine groups is 1. The van der Waals surface area contributed by atoms with Crippen LogP contribution in [0.15, 0.2) is 29.3 Å². The van der Waals surface area contributed by atoms with Crippen LogP contribution >= 0.6 is 35.3 Å². The van der Waals surface area contributed by atoms with Crippen molar-refractivity contribution in [3.8, 4) is 0 Å². The van der Waals surface area contributed by atoms with Crippen molar-refractivity contribution in [2.75, 3.05) is 20.1 Å². The average molecular weight is 528 g/mol. The second-order valence-corrected chi connectivity index (χ2v) is 9.14. The second-order valence-electron chi connectivity index (χ2n) is 7.85. The van der Waals surface area contributed by atoms with Crippen molar-refractivity contribution in [1.82, 2.24) is 20.5 Å². The first-order valence-corrected chi connectivity index (χ1v) is 11.0. The number of rotatable bonds is 6. The van der Waals surface area contributed by atoms with E-state index in [1.165, 1.54) is 16.0 Å². The van der Waals surface area contributed by atoms with Crippen molar-refractivity contribution in [2.24, 2.45) is 10.9 Å². The third-order valence-corrected chi connectivity index (χ3v) is 6.59. The molecule has 0 saturated carbocycles. The molecule has 29 heavy (non-hydrogen) atoms. The lowest BCUT2D eigenvalue weighted by molar-refractivity contribution is 0.140. The van der Waals surface area contributed by atoms with Gasteiger partial charge in [-0.2, -0.15) is 0 Å². The van der Waals surface area contributed by atoms with E-state index in [0.717, 1.165) is 49.3 Å². The van der Waals surface area contributed by atoms with Gasteiger partial charge >= 0.3 is 0 Å². The van der Waals surface area contributed by atoms with Crippen LogP contribution in [0.5, 0.6) is 0 Å². The fraction of sp³-hybridized carbons (Fsp3) is 0.545. The van der Waals surface area contributed by atoms with E-state index in [4.69, 9.17) is 0 Å². The number of hydrogen-bond acceptors (Lipinski definition) is 4. The maximum absolute atomic E-state index is 4.50. The van der Waals surface area contributed by atoms with Gasteiger partial charge in [0.1, 0.15) is 0 Å². The van der Waals surface area contributed by atoms with Crippen LogP contribution in [0.3, 0.4) is 0 Å². The summed E-state index contributed by atoms with van der Waals surface area (Å²) < 4.78 is 0. The van der Waals surface area contributed by atoms with Gasteiger partial charge < -0.3 is 10.6 Å². The lowest BCUT2D eigenvalue weighted by Gasteiger charge is -2.38. The predicted molar refractivity (Wildman–Crippen MR) is 134 cm³/mol. The number of hydrogen-bond donors (Lipinski definition) is 2. The number of halogens is 1. The smallest absolute Gasteiger partial charge is 0.191 e. The summed E-state index contributed by atoms with van der Waals surface area (Å²) in [5.41, 5.74) is 4.08. The van der Waals surface area contributed by atoms with Crippen LogP contribution in [0, 0.1) is 19.8 Å². The zero-order valence-electron chi connectivity index (χ0n) is 18.2. The maximum Gasteiger partial charge on any atom is 0.191 e. The van der Waals surface area contributed by atoms with Gasteiger partial charge in [0.25, 0.3) is 0 Å².